The van der Waals surface area contributed by atoms with Gasteiger partial charge in [0.1, 0.15) is 17.2 Å². The standard InChI is InChI=1S/C19H17FN8O2.2C2H6/c1-30-19(29)24-14-15(21)25-17(26-16(14)22)13-11-6-4-8-23-18(11)28(27-13)9-10-5-2-3-7-12(10)20;2*1-2/h2-8H,9H2,1H3,(H,24,29)(H4,21,22,25,26);2*1-2H3. The molecule has 180 valence electrons. The molecule has 5 N–H and O–H groups in total. The summed E-state index contributed by atoms with van der Waals surface area (Å²) in [4.78, 5) is 24.3. The van der Waals surface area contributed by atoms with Crippen molar-refractivity contribution in [2.45, 2.75) is 34.2 Å². The number of amides is 1. The van der Waals surface area contributed by atoms with Gasteiger partial charge in [0.05, 0.1) is 19.0 Å². The average molecular weight is 469 g/mol. The molecule has 1 amide bonds. The lowest BCUT2D eigenvalue weighted by molar-refractivity contribution is 0.187. The van der Waals surface area contributed by atoms with Crippen molar-refractivity contribution < 1.29 is 13.9 Å². The summed E-state index contributed by atoms with van der Waals surface area (Å²) < 4.78 is 20.2. The van der Waals surface area contributed by atoms with E-state index in [4.69, 9.17) is 11.5 Å². The van der Waals surface area contributed by atoms with Crippen LogP contribution in [0.25, 0.3) is 22.6 Å². The number of anilines is 3. The molecule has 4 rings (SSSR count). The van der Waals surface area contributed by atoms with Crippen LogP contribution in [0.2, 0.25) is 0 Å². The van der Waals surface area contributed by atoms with Gasteiger partial charge in [-0.05, 0) is 18.2 Å². The Morgan fingerprint density at radius 1 is 1.06 bits per heavy atom. The number of halogens is 1. The second-order valence-corrected chi connectivity index (χ2v) is 6.28. The Morgan fingerprint density at radius 3 is 2.32 bits per heavy atom. The van der Waals surface area contributed by atoms with Crippen LogP contribution < -0.4 is 16.8 Å². The molecule has 0 fully saturated rings. The van der Waals surface area contributed by atoms with Crippen molar-refractivity contribution in [3.63, 3.8) is 0 Å². The topological polar surface area (TPSA) is 147 Å². The Morgan fingerprint density at radius 2 is 1.71 bits per heavy atom. The molecule has 3 heterocycles. The number of aromatic nitrogens is 5. The minimum absolute atomic E-state index is 0.0406. The van der Waals surface area contributed by atoms with Crippen molar-refractivity contribution >= 4 is 34.4 Å². The third-order valence-corrected chi connectivity index (χ3v) is 4.37. The highest BCUT2D eigenvalue weighted by Crippen LogP contribution is 2.30. The zero-order valence-corrected chi connectivity index (χ0v) is 19.8. The van der Waals surface area contributed by atoms with Crippen molar-refractivity contribution in [3.05, 3.63) is 54.0 Å². The summed E-state index contributed by atoms with van der Waals surface area (Å²) in [6.07, 6.45) is 0.854. The van der Waals surface area contributed by atoms with Crippen molar-refractivity contribution in [1.82, 2.24) is 24.7 Å². The lowest BCUT2D eigenvalue weighted by atomic mass is 10.2. The van der Waals surface area contributed by atoms with E-state index < -0.39 is 6.09 Å². The lowest BCUT2D eigenvalue weighted by Crippen LogP contribution is -2.16. The first-order valence-corrected chi connectivity index (χ1v) is 10.8. The maximum atomic E-state index is 14.1. The van der Waals surface area contributed by atoms with Crippen LogP contribution >= 0.6 is 0 Å². The monoisotopic (exact) mass is 468 g/mol. The second kappa shape index (κ2) is 12.1. The number of nitrogens with zero attached hydrogens (tertiary/aromatic N) is 5. The number of hydrogen-bond acceptors (Lipinski definition) is 8. The predicted molar refractivity (Wildman–Crippen MR) is 132 cm³/mol. The summed E-state index contributed by atoms with van der Waals surface area (Å²) in [6, 6.07) is 9.95. The summed E-state index contributed by atoms with van der Waals surface area (Å²) in [5.41, 5.74) is 13.3. The van der Waals surface area contributed by atoms with Gasteiger partial charge in [0, 0.05) is 11.8 Å². The van der Waals surface area contributed by atoms with Gasteiger partial charge in [-0.15, -0.1) is 0 Å². The van der Waals surface area contributed by atoms with Crippen molar-refractivity contribution in [1.29, 1.82) is 0 Å². The number of carbonyl (C=O) groups is 1. The van der Waals surface area contributed by atoms with Gasteiger partial charge in [0.15, 0.2) is 23.1 Å². The van der Waals surface area contributed by atoms with Crippen molar-refractivity contribution in [2.75, 3.05) is 23.9 Å². The van der Waals surface area contributed by atoms with Crippen LogP contribution in [0.3, 0.4) is 0 Å². The lowest BCUT2D eigenvalue weighted by Gasteiger charge is -2.10. The molecule has 0 radical (unpaired) electrons. The third-order valence-electron chi connectivity index (χ3n) is 4.37. The van der Waals surface area contributed by atoms with Crippen molar-refractivity contribution in [2.24, 2.45) is 0 Å². The third kappa shape index (κ3) is 5.55. The summed E-state index contributed by atoms with van der Waals surface area (Å²) >= 11 is 0. The number of methoxy groups -OCH3 is 1. The Kier molecular flexibility index (Phi) is 9.24. The number of pyridine rings is 1. The van der Waals surface area contributed by atoms with E-state index in [0.29, 0.717) is 22.3 Å². The molecule has 34 heavy (non-hydrogen) atoms. The van der Waals surface area contributed by atoms with Crippen LogP contribution in [-0.4, -0.2) is 37.9 Å². The van der Waals surface area contributed by atoms with E-state index in [2.05, 4.69) is 30.1 Å². The molecular formula is C23H29FN8O2. The highest BCUT2D eigenvalue weighted by molar-refractivity contribution is 5.94. The molecule has 0 atom stereocenters. The van der Waals surface area contributed by atoms with Gasteiger partial charge in [-0.25, -0.2) is 28.8 Å². The number of nitrogen functional groups attached to an aromatic ring is 2. The largest absolute Gasteiger partial charge is 0.453 e. The van der Waals surface area contributed by atoms with Gasteiger partial charge >= 0.3 is 6.09 Å². The molecule has 0 aliphatic carbocycles. The van der Waals surface area contributed by atoms with Gasteiger partial charge in [0.25, 0.3) is 0 Å². The van der Waals surface area contributed by atoms with Gasteiger partial charge in [-0.3, -0.25) is 5.32 Å². The molecular weight excluding hydrogens is 439 g/mol. The van der Waals surface area contributed by atoms with Gasteiger partial charge < -0.3 is 16.2 Å². The molecule has 0 saturated heterocycles. The number of carbonyl (C=O) groups excluding carboxylic acids is 1. The number of hydrogen-bond donors (Lipinski definition) is 3. The fraction of sp³-hybridized carbons (Fsp3) is 0.261. The number of ether oxygens (including phenoxy) is 1. The highest BCUT2D eigenvalue weighted by atomic mass is 19.1. The zero-order valence-electron chi connectivity index (χ0n) is 19.8. The Hall–Kier alpha value is -4.28. The fourth-order valence-electron chi connectivity index (χ4n) is 2.96. The van der Waals surface area contributed by atoms with E-state index in [0.717, 1.165) is 0 Å². The molecule has 0 saturated carbocycles. The summed E-state index contributed by atoms with van der Waals surface area (Å²) in [5, 5.41) is 7.54. The van der Waals surface area contributed by atoms with E-state index in [9.17, 15) is 9.18 Å². The van der Waals surface area contributed by atoms with E-state index in [1.54, 1.807) is 41.2 Å². The van der Waals surface area contributed by atoms with Gasteiger partial charge in [-0.1, -0.05) is 45.9 Å². The first-order chi connectivity index (χ1) is 16.5. The molecule has 10 nitrogen and oxygen atoms in total. The number of nitrogens with one attached hydrogen (secondary N) is 1. The Bertz CT molecular complexity index is 1240. The predicted octanol–water partition coefficient (Wildman–Crippen LogP) is 4.47. The fourth-order valence-corrected chi connectivity index (χ4v) is 2.96. The molecule has 11 heteroatoms. The molecule has 0 aliphatic rings. The van der Waals surface area contributed by atoms with Crippen LogP contribution in [0, 0.1) is 5.82 Å². The van der Waals surface area contributed by atoms with Crippen LogP contribution in [0.1, 0.15) is 33.3 Å². The minimum Gasteiger partial charge on any atom is -0.453 e. The molecule has 0 unspecified atom stereocenters. The minimum atomic E-state index is -0.756. The Balaban J connectivity index is 0.000000970. The normalized spacial score (nSPS) is 9.94. The van der Waals surface area contributed by atoms with Crippen LogP contribution in [0.4, 0.5) is 26.5 Å². The molecule has 1 aromatic carbocycles. The van der Waals surface area contributed by atoms with Crippen molar-refractivity contribution in [3.8, 4) is 11.5 Å². The molecule has 0 aliphatic heterocycles. The Labute approximate surface area is 197 Å². The van der Waals surface area contributed by atoms with E-state index in [1.165, 1.54) is 13.2 Å². The van der Waals surface area contributed by atoms with Gasteiger partial charge in [0.2, 0.25) is 0 Å². The molecule has 3 aromatic heterocycles. The molecule has 4 aromatic rings. The van der Waals surface area contributed by atoms with E-state index >= 15 is 0 Å². The maximum Gasteiger partial charge on any atom is 0.411 e. The maximum absolute atomic E-state index is 14.1. The van der Waals surface area contributed by atoms with E-state index in [-0.39, 0.29) is 35.5 Å². The first kappa shape index (κ1) is 26.0. The number of fused-ring (bicyclic) bond motifs is 1. The van der Waals surface area contributed by atoms with Crippen LogP contribution in [0.15, 0.2) is 42.6 Å². The molecule has 0 spiro atoms. The summed E-state index contributed by atoms with van der Waals surface area (Å²) in [7, 11) is 1.21. The summed E-state index contributed by atoms with van der Waals surface area (Å²) in [6.45, 7) is 8.16. The SMILES string of the molecule is CC.CC.COC(=O)Nc1c(N)nc(-c2nn(Cc3ccccc3F)c3ncccc23)nc1N. The van der Waals surface area contributed by atoms with E-state index in [1.807, 2.05) is 27.7 Å². The summed E-state index contributed by atoms with van der Waals surface area (Å²) in [5.74, 6) is -0.306. The number of nitrogens with two attached hydrogens (primary N) is 2. The van der Waals surface area contributed by atoms with Crippen LogP contribution in [-0.2, 0) is 11.3 Å². The zero-order chi connectivity index (χ0) is 25.3. The first-order valence-electron chi connectivity index (χ1n) is 10.8. The van der Waals surface area contributed by atoms with Gasteiger partial charge in [-0.2, -0.15) is 5.10 Å². The quantitative estimate of drug-likeness (QED) is 0.397. The number of benzene rings is 1. The molecule has 0 bridgehead atoms. The second-order valence-electron chi connectivity index (χ2n) is 6.28. The number of rotatable bonds is 4. The smallest absolute Gasteiger partial charge is 0.411 e. The van der Waals surface area contributed by atoms with Crippen LogP contribution in [0.5, 0.6) is 0 Å². The average Bonchev–Trinajstić information content (AvgIpc) is 3.23. The highest BCUT2D eigenvalue weighted by Gasteiger charge is 2.20.